The molecule has 3 aromatic carbocycles. The molecule has 0 saturated carbocycles. The van der Waals surface area contributed by atoms with Gasteiger partial charge in [-0.05, 0) is 62.2 Å². The molecule has 0 fully saturated rings. The third-order valence-electron chi connectivity index (χ3n) is 6.22. The van der Waals surface area contributed by atoms with E-state index in [1.54, 1.807) is 67.6 Å². The van der Waals surface area contributed by atoms with Crippen LogP contribution in [0.15, 0.2) is 77.7 Å². The third-order valence-corrected chi connectivity index (χ3v) is 8.25. The number of methoxy groups -OCH3 is 1. The maximum absolute atomic E-state index is 13.9. The third kappa shape index (κ3) is 7.52. The summed E-state index contributed by atoms with van der Waals surface area (Å²) in [7, 11) is -2.75. The summed E-state index contributed by atoms with van der Waals surface area (Å²) in [5.74, 6) is -0.589. The number of anilines is 1. The molecule has 39 heavy (non-hydrogen) atoms. The second kappa shape index (κ2) is 13.5. The van der Waals surface area contributed by atoms with E-state index in [1.807, 2.05) is 13.8 Å². The predicted octanol–water partition coefficient (Wildman–Crippen LogP) is 4.80. The average Bonchev–Trinajstić information content (AvgIpc) is 2.93. The maximum atomic E-state index is 13.9. The van der Waals surface area contributed by atoms with Gasteiger partial charge in [0.15, 0.2) is 0 Å². The number of sulfonamides is 1. The lowest BCUT2D eigenvalue weighted by atomic mass is 10.1. The summed E-state index contributed by atoms with van der Waals surface area (Å²) in [5.41, 5.74) is 1.85. The van der Waals surface area contributed by atoms with Gasteiger partial charge in [-0.2, -0.15) is 0 Å². The van der Waals surface area contributed by atoms with Gasteiger partial charge in [0.1, 0.15) is 18.3 Å². The summed E-state index contributed by atoms with van der Waals surface area (Å²) in [6, 6.07) is 19.1. The summed E-state index contributed by atoms with van der Waals surface area (Å²) in [6.45, 7) is 5.42. The Kier molecular flexibility index (Phi) is 10.4. The van der Waals surface area contributed by atoms with Crippen LogP contribution in [0.25, 0.3) is 0 Å². The summed E-state index contributed by atoms with van der Waals surface area (Å²) < 4.78 is 34.3. The van der Waals surface area contributed by atoms with Crippen molar-refractivity contribution in [3.63, 3.8) is 0 Å². The number of halogens is 1. The molecule has 3 rings (SSSR count). The van der Waals surface area contributed by atoms with Crippen molar-refractivity contribution in [2.75, 3.05) is 24.5 Å². The number of hydrogen-bond donors (Lipinski definition) is 1. The molecule has 0 aliphatic heterocycles. The molecule has 1 N–H and O–H groups in total. The van der Waals surface area contributed by atoms with Gasteiger partial charge in [0.05, 0.1) is 17.7 Å². The highest BCUT2D eigenvalue weighted by atomic mass is 35.5. The van der Waals surface area contributed by atoms with E-state index in [0.29, 0.717) is 17.3 Å². The first kappa shape index (κ1) is 30.0. The highest BCUT2D eigenvalue weighted by molar-refractivity contribution is 7.92. The lowest BCUT2D eigenvalue weighted by molar-refractivity contribution is -0.139. The van der Waals surface area contributed by atoms with Crippen molar-refractivity contribution in [1.29, 1.82) is 0 Å². The van der Waals surface area contributed by atoms with E-state index < -0.39 is 28.5 Å². The number of rotatable bonds is 12. The van der Waals surface area contributed by atoms with E-state index in [1.165, 1.54) is 24.1 Å². The molecule has 208 valence electrons. The second-order valence-corrected chi connectivity index (χ2v) is 11.4. The normalized spacial score (nSPS) is 11.9. The van der Waals surface area contributed by atoms with Crippen LogP contribution in [0.2, 0.25) is 5.02 Å². The molecular weight excluding hydrogens is 538 g/mol. The van der Waals surface area contributed by atoms with E-state index in [2.05, 4.69) is 5.32 Å². The first-order valence-electron chi connectivity index (χ1n) is 12.6. The van der Waals surface area contributed by atoms with E-state index in [-0.39, 0.29) is 23.0 Å². The van der Waals surface area contributed by atoms with Gasteiger partial charge < -0.3 is 15.0 Å². The number of carbonyl (C=O) groups is 2. The summed E-state index contributed by atoms with van der Waals surface area (Å²) in [6.07, 6.45) is 0.736. The molecule has 2 amide bonds. The summed E-state index contributed by atoms with van der Waals surface area (Å²) >= 11 is 6.03. The minimum absolute atomic E-state index is 0.0322. The molecule has 0 aromatic heterocycles. The Morgan fingerprint density at radius 1 is 1.00 bits per heavy atom. The van der Waals surface area contributed by atoms with Gasteiger partial charge in [0, 0.05) is 18.1 Å². The van der Waals surface area contributed by atoms with Gasteiger partial charge in [0.25, 0.3) is 10.0 Å². The van der Waals surface area contributed by atoms with Crippen molar-refractivity contribution in [2.45, 2.75) is 44.7 Å². The SMILES string of the molecule is CCCNC(=O)C(C)N(Cc1ccc(Cl)cc1)C(=O)CN(c1ccccc1OC)S(=O)(=O)c1ccc(C)cc1. The Balaban J connectivity index is 2.05. The second-order valence-electron chi connectivity index (χ2n) is 9.11. The van der Waals surface area contributed by atoms with E-state index in [0.717, 1.165) is 21.9 Å². The number of amides is 2. The summed E-state index contributed by atoms with van der Waals surface area (Å²) in [4.78, 5) is 28.3. The van der Waals surface area contributed by atoms with Crippen molar-refractivity contribution in [1.82, 2.24) is 10.2 Å². The Bertz CT molecular complexity index is 1380. The molecule has 0 heterocycles. The van der Waals surface area contributed by atoms with Gasteiger partial charge in [-0.25, -0.2) is 8.42 Å². The zero-order valence-electron chi connectivity index (χ0n) is 22.6. The monoisotopic (exact) mass is 571 g/mol. The number of para-hydroxylation sites is 2. The molecule has 10 heteroatoms. The zero-order chi connectivity index (χ0) is 28.6. The molecule has 0 spiro atoms. The molecule has 8 nitrogen and oxygen atoms in total. The van der Waals surface area contributed by atoms with E-state index in [9.17, 15) is 18.0 Å². The molecule has 0 aliphatic rings. The Morgan fingerprint density at radius 3 is 2.26 bits per heavy atom. The van der Waals surface area contributed by atoms with Crippen LogP contribution in [0.3, 0.4) is 0 Å². The van der Waals surface area contributed by atoms with Gasteiger partial charge in [-0.15, -0.1) is 0 Å². The van der Waals surface area contributed by atoms with Crippen LogP contribution in [0, 0.1) is 6.92 Å². The fraction of sp³-hybridized carbons (Fsp3) is 0.310. The molecule has 1 unspecified atom stereocenters. The standard InChI is InChI=1S/C29H34ClN3O5S/c1-5-18-31-29(35)22(3)32(19-23-12-14-24(30)15-13-23)28(34)20-33(26-8-6-7-9-27(26)38-4)39(36,37)25-16-10-21(2)11-17-25/h6-17,22H,5,18-20H2,1-4H3,(H,31,35). The first-order valence-corrected chi connectivity index (χ1v) is 14.4. The van der Waals surface area contributed by atoms with Crippen molar-refractivity contribution >= 4 is 39.1 Å². The predicted molar refractivity (Wildman–Crippen MR) is 153 cm³/mol. The van der Waals surface area contributed by atoms with Crippen LogP contribution in [0.1, 0.15) is 31.4 Å². The minimum atomic E-state index is -4.18. The Labute approximate surface area is 235 Å². The zero-order valence-corrected chi connectivity index (χ0v) is 24.1. The van der Waals surface area contributed by atoms with Crippen LogP contribution in [0.5, 0.6) is 5.75 Å². The van der Waals surface area contributed by atoms with Gasteiger partial charge in [-0.3, -0.25) is 13.9 Å². The van der Waals surface area contributed by atoms with E-state index in [4.69, 9.17) is 16.3 Å². The Morgan fingerprint density at radius 2 is 1.64 bits per heavy atom. The van der Waals surface area contributed by atoms with Crippen LogP contribution in [-0.2, 0) is 26.2 Å². The van der Waals surface area contributed by atoms with Crippen LogP contribution in [0.4, 0.5) is 5.69 Å². The average molecular weight is 572 g/mol. The largest absolute Gasteiger partial charge is 0.495 e. The molecule has 0 aliphatic carbocycles. The highest BCUT2D eigenvalue weighted by Gasteiger charge is 2.33. The van der Waals surface area contributed by atoms with Crippen LogP contribution >= 0.6 is 11.6 Å². The highest BCUT2D eigenvalue weighted by Crippen LogP contribution is 2.32. The fourth-order valence-electron chi connectivity index (χ4n) is 3.95. The van der Waals surface area contributed by atoms with Crippen molar-refractivity contribution < 1.29 is 22.7 Å². The number of nitrogens with zero attached hydrogens (tertiary/aromatic N) is 2. The van der Waals surface area contributed by atoms with E-state index >= 15 is 0 Å². The van der Waals surface area contributed by atoms with Gasteiger partial charge in [0.2, 0.25) is 11.8 Å². The fourth-order valence-corrected chi connectivity index (χ4v) is 5.50. The lowest BCUT2D eigenvalue weighted by Gasteiger charge is -2.32. The number of aryl methyl sites for hydroxylation is 1. The molecule has 0 bridgehead atoms. The quantitative estimate of drug-likeness (QED) is 0.337. The smallest absolute Gasteiger partial charge is 0.264 e. The topological polar surface area (TPSA) is 96.0 Å². The molecule has 0 saturated heterocycles. The lowest BCUT2D eigenvalue weighted by Crippen LogP contribution is -2.51. The minimum Gasteiger partial charge on any atom is -0.495 e. The van der Waals surface area contributed by atoms with Crippen molar-refractivity contribution in [3.05, 3.63) is 88.9 Å². The number of hydrogen-bond acceptors (Lipinski definition) is 5. The van der Waals surface area contributed by atoms with Crippen LogP contribution in [-0.4, -0.2) is 51.4 Å². The number of benzene rings is 3. The summed E-state index contributed by atoms with van der Waals surface area (Å²) in [5, 5.41) is 3.36. The van der Waals surface area contributed by atoms with Gasteiger partial charge in [-0.1, -0.05) is 60.5 Å². The number of carbonyl (C=O) groups excluding carboxylic acids is 2. The van der Waals surface area contributed by atoms with Crippen molar-refractivity contribution in [3.8, 4) is 5.75 Å². The maximum Gasteiger partial charge on any atom is 0.264 e. The number of nitrogens with one attached hydrogen (secondary N) is 1. The Hall–Kier alpha value is -3.56. The number of ether oxygens (including phenoxy) is 1. The first-order chi connectivity index (χ1) is 18.6. The molecule has 3 aromatic rings. The van der Waals surface area contributed by atoms with Gasteiger partial charge >= 0.3 is 0 Å². The molecule has 0 radical (unpaired) electrons. The molecule has 1 atom stereocenters. The van der Waals surface area contributed by atoms with Crippen molar-refractivity contribution in [2.24, 2.45) is 0 Å². The van der Waals surface area contributed by atoms with Crippen LogP contribution < -0.4 is 14.4 Å². The molecular formula is C29H34ClN3O5S.